The minimum Gasteiger partial charge on any atom is -0.508 e. The van der Waals surface area contributed by atoms with Crippen molar-refractivity contribution in [3.63, 3.8) is 0 Å². The molecular weight excluding hydrogens is 244 g/mol. The molecule has 1 heteroatoms. The number of aromatic hydroxyl groups is 1. The summed E-state index contributed by atoms with van der Waals surface area (Å²) in [7, 11) is 0. The third-order valence-corrected chi connectivity index (χ3v) is 4.94. The van der Waals surface area contributed by atoms with Crippen LogP contribution < -0.4 is 0 Å². The second kappa shape index (κ2) is 8.34. The van der Waals surface area contributed by atoms with E-state index in [2.05, 4.69) is 19.1 Å². The van der Waals surface area contributed by atoms with E-state index in [1.807, 2.05) is 12.1 Å². The normalized spacial score (nSPS) is 22.9. The van der Waals surface area contributed by atoms with Gasteiger partial charge in [0.05, 0.1) is 0 Å². The lowest BCUT2D eigenvalue weighted by Crippen LogP contribution is -2.13. The predicted molar refractivity (Wildman–Crippen MR) is 86.2 cm³/mol. The van der Waals surface area contributed by atoms with Gasteiger partial charge in [0.25, 0.3) is 0 Å². The van der Waals surface area contributed by atoms with Gasteiger partial charge >= 0.3 is 0 Å². The van der Waals surface area contributed by atoms with Gasteiger partial charge in [-0.25, -0.2) is 0 Å². The molecule has 0 spiro atoms. The molecule has 1 aliphatic carbocycles. The van der Waals surface area contributed by atoms with Crippen LogP contribution in [0.1, 0.15) is 82.6 Å². The van der Waals surface area contributed by atoms with Crippen LogP contribution in [0.3, 0.4) is 0 Å². The number of para-hydroxylation sites is 1. The molecule has 0 heterocycles. The summed E-state index contributed by atoms with van der Waals surface area (Å²) in [4.78, 5) is 0. The van der Waals surface area contributed by atoms with E-state index in [4.69, 9.17) is 0 Å². The fraction of sp³-hybridized carbons (Fsp3) is 0.684. The topological polar surface area (TPSA) is 20.2 Å². The van der Waals surface area contributed by atoms with Gasteiger partial charge in [-0.3, -0.25) is 0 Å². The first-order valence-corrected chi connectivity index (χ1v) is 8.59. The Bertz CT molecular complexity index is 377. The molecule has 1 aromatic carbocycles. The zero-order valence-corrected chi connectivity index (χ0v) is 13.0. The number of hydrogen-bond donors (Lipinski definition) is 1. The highest BCUT2D eigenvalue weighted by Gasteiger charge is 2.23. The van der Waals surface area contributed by atoms with Gasteiger partial charge < -0.3 is 5.11 Å². The maximum atomic E-state index is 9.95. The lowest BCUT2D eigenvalue weighted by Gasteiger charge is -2.29. The molecule has 0 amide bonds. The van der Waals surface area contributed by atoms with Crippen LogP contribution in [0, 0.1) is 5.92 Å². The summed E-state index contributed by atoms with van der Waals surface area (Å²) in [6, 6.07) is 7.90. The van der Waals surface area contributed by atoms with Gasteiger partial charge in [0.15, 0.2) is 0 Å². The van der Waals surface area contributed by atoms with Crippen molar-refractivity contribution >= 4 is 0 Å². The summed E-state index contributed by atoms with van der Waals surface area (Å²) < 4.78 is 0. The minimum absolute atomic E-state index is 0.496. The molecule has 1 aliphatic rings. The fourth-order valence-corrected chi connectivity index (χ4v) is 3.63. The Kier molecular flexibility index (Phi) is 6.42. The number of benzene rings is 1. The third kappa shape index (κ3) is 4.54. The molecule has 2 rings (SSSR count). The lowest BCUT2D eigenvalue weighted by molar-refractivity contribution is 0.298. The average molecular weight is 274 g/mol. The largest absolute Gasteiger partial charge is 0.508 e. The highest BCUT2D eigenvalue weighted by Crippen LogP contribution is 2.40. The molecule has 0 radical (unpaired) electrons. The fourth-order valence-electron chi connectivity index (χ4n) is 3.63. The van der Waals surface area contributed by atoms with Crippen LogP contribution in [0.15, 0.2) is 24.3 Å². The van der Waals surface area contributed by atoms with E-state index < -0.39 is 0 Å². The number of hydrogen-bond acceptors (Lipinski definition) is 1. The van der Waals surface area contributed by atoms with Crippen LogP contribution in [0.2, 0.25) is 0 Å². The van der Waals surface area contributed by atoms with E-state index in [-0.39, 0.29) is 0 Å². The molecule has 1 N–H and O–H groups in total. The Morgan fingerprint density at radius 3 is 2.35 bits per heavy atom. The summed E-state index contributed by atoms with van der Waals surface area (Å²) in [6.07, 6.45) is 13.7. The van der Waals surface area contributed by atoms with Crippen LogP contribution in [0.25, 0.3) is 0 Å². The first-order valence-electron chi connectivity index (χ1n) is 8.59. The molecule has 0 bridgehead atoms. The summed E-state index contributed by atoms with van der Waals surface area (Å²) >= 11 is 0. The van der Waals surface area contributed by atoms with Crippen LogP contribution in [-0.4, -0.2) is 5.11 Å². The SMILES string of the molecule is CCCCCCCC1CCC(c2ccccc2O)CC1. The van der Waals surface area contributed by atoms with E-state index in [1.54, 1.807) is 0 Å². The van der Waals surface area contributed by atoms with Crippen molar-refractivity contribution in [2.75, 3.05) is 0 Å². The van der Waals surface area contributed by atoms with E-state index in [9.17, 15) is 5.11 Å². The summed E-state index contributed by atoms with van der Waals surface area (Å²) in [5, 5.41) is 9.95. The van der Waals surface area contributed by atoms with Gasteiger partial charge in [0, 0.05) is 0 Å². The molecular formula is C19H30O. The van der Waals surface area contributed by atoms with Gasteiger partial charge in [-0.2, -0.15) is 0 Å². The second-order valence-corrected chi connectivity index (χ2v) is 6.48. The molecule has 1 fully saturated rings. The number of unbranched alkanes of at least 4 members (excludes halogenated alkanes) is 4. The van der Waals surface area contributed by atoms with Crippen molar-refractivity contribution in [1.29, 1.82) is 0 Å². The Morgan fingerprint density at radius 2 is 1.65 bits per heavy atom. The van der Waals surface area contributed by atoms with Gasteiger partial charge in [0.1, 0.15) is 5.75 Å². The maximum absolute atomic E-state index is 9.95. The Balaban J connectivity index is 1.69. The monoisotopic (exact) mass is 274 g/mol. The van der Waals surface area contributed by atoms with Gasteiger partial charge in [-0.15, -0.1) is 0 Å². The van der Waals surface area contributed by atoms with E-state index in [1.165, 1.54) is 69.8 Å². The van der Waals surface area contributed by atoms with Gasteiger partial charge in [-0.1, -0.05) is 63.6 Å². The molecule has 0 saturated heterocycles. The number of phenols is 1. The Hall–Kier alpha value is -0.980. The molecule has 0 aromatic heterocycles. The molecule has 1 nitrogen and oxygen atoms in total. The van der Waals surface area contributed by atoms with Crippen molar-refractivity contribution < 1.29 is 5.11 Å². The first-order chi connectivity index (χ1) is 9.81. The predicted octanol–water partition coefficient (Wildman–Crippen LogP) is 6.03. The van der Waals surface area contributed by atoms with Crippen LogP contribution in [0.5, 0.6) is 5.75 Å². The molecule has 0 aliphatic heterocycles. The summed E-state index contributed by atoms with van der Waals surface area (Å²) in [6.45, 7) is 2.28. The molecule has 1 aromatic rings. The highest BCUT2D eigenvalue weighted by molar-refractivity contribution is 5.35. The van der Waals surface area contributed by atoms with E-state index in [0.717, 1.165) is 5.92 Å². The summed E-state index contributed by atoms with van der Waals surface area (Å²) in [5.74, 6) is 2.03. The molecule has 112 valence electrons. The quantitative estimate of drug-likeness (QED) is 0.602. The zero-order chi connectivity index (χ0) is 14.2. The third-order valence-electron chi connectivity index (χ3n) is 4.94. The molecule has 1 saturated carbocycles. The smallest absolute Gasteiger partial charge is 0.119 e. The Labute approximate surface area is 124 Å². The maximum Gasteiger partial charge on any atom is 0.119 e. The van der Waals surface area contributed by atoms with E-state index in [0.29, 0.717) is 11.7 Å². The van der Waals surface area contributed by atoms with Crippen molar-refractivity contribution in [2.45, 2.75) is 77.0 Å². The molecule has 0 atom stereocenters. The van der Waals surface area contributed by atoms with Crippen LogP contribution in [-0.2, 0) is 0 Å². The Morgan fingerprint density at radius 1 is 0.950 bits per heavy atom. The standard InChI is InChI=1S/C19H30O/c1-2-3-4-5-6-9-16-12-14-17(15-13-16)18-10-7-8-11-19(18)20/h7-8,10-11,16-17,20H,2-6,9,12-15H2,1H3. The zero-order valence-electron chi connectivity index (χ0n) is 13.0. The molecule has 0 unspecified atom stereocenters. The second-order valence-electron chi connectivity index (χ2n) is 6.48. The van der Waals surface area contributed by atoms with Gasteiger partial charge in [-0.05, 0) is 49.1 Å². The number of phenolic OH excluding ortho intramolecular Hbond substituents is 1. The average Bonchev–Trinajstić information content (AvgIpc) is 2.48. The minimum atomic E-state index is 0.496. The highest BCUT2D eigenvalue weighted by atomic mass is 16.3. The van der Waals surface area contributed by atoms with Gasteiger partial charge in [0.2, 0.25) is 0 Å². The molecule has 20 heavy (non-hydrogen) atoms. The van der Waals surface area contributed by atoms with Crippen molar-refractivity contribution in [3.8, 4) is 5.75 Å². The van der Waals surface area contributed by atoms with Crippen molar-refractivity contribution in [1.82, 2.24) is 0 Å². The summed E-state index contributed by atoms with van der Waals surface area (Å²) in [5.41, 5.74) is 1.17. The van der Waals surface area contributed by atoms with Crippen molar-refractivity contribution in [3.05, 3.63) is 29.8 Å². The van der Waals surface area contributed by atoms with Crippen LogP contribution >= 0.6 is 0 Å². The number of rotatable bonds is 7. The van der Waals surface area contributed by atoms with E-state index >= 15 is 0 Å². The first kappa shape index (κ1) is 15.4. The lowest BCUT2D eigenvalue weighted by atomic mass is 9.77. The van der Waals surface area contributed by atoms with Crippen LogP contribution in [0.4, 0.5) is 0 Å². The van der Waals surface area contributed by atoms with Crippen molar-refractivity contribution in [2.24, 2.45) is 5.92 Å².